The Morgan fingerprint density at radius 3 is 2.23 bits per heavy atom. The number of aliphatic hydroxyl groups is 9. The topological polar surface area (TPSA) is 264 Å². The first-order chi connectivity index (χ1) is 22.7. The van der Waals surface area contributed by atoms with Gasteiger partial charge in [0.1, 0.15) is 66.8 Å². The van der Waals surface area contributed by atoms with E-state index in [4.69, 9.17) is 33.2 Å². The minimum Gasteiger partial charge on any atom is -0.497 e. The Morgan fingerprint density at radius 2 is 1.56 bits per heavy atom. The highest BCUT2D eigenvalue weighted by atomic mass is 16.8. The number of esters is 1. The quantitative estimate of drug-likeness (QED) is 0.0859. The predicted octanol–water partition coefficient (Wildman–Crippen LogP) is -3.37. The van der Waals surface area contributed by atoms with E-state index in [2.05, 4.69) is 0 Å². The van der Waals surface area contributed by atoms with E-state index in [1.54, 1.807) is 24.3 Å². The van der Waals surface area contributed by atoms with Crippen molar-refractivity contribution in [3.8, 4) is 5.75 Å². The molecule has 1 saturated carbocycles. The summed E-state index contributed by atoms with van der Waals surface area (Å²) in [6.45, 7) is -0.0368. The summed E-state index contributed by atoms with van der Waals surface area (Å²) in [5, 5.41) is 95.6. The van der Waals surface area contributed by atoms with E-state index in [9.17, 15) is 50.8 Å². The molecule has 0 amide bonds. The summed E-state index contributed by atoms with van der Waals surface area (Å²) in [5.74, 6) is -1.52. The number of hydrogen-bond donors (Lipinski definition) is 9. The summed E-state index contributed by atoms with van der Waals surface area (Å²) in [5.41, 5.74) is -3.08. The third-order valence-electron chi connectivity index (χ3n) is 9.10. The van der Waals surface area contributed by atoms with Gasteiger partial charge in [-0.25, -0.2) is 4.79 Å². The Hall–Kier alpha value is -2.75. The largest absolute Gasteiger partial charge is 0.497 e. The molecule has 3 heterocycles. The lowest BCUT2D eigenvalue weighted by Gasteiger charge is -2.48. The molecule has 4 aliphatic rings. The molecule has 17 nitrogen and oxygen atoms in total. The average Bonchev–Trinajstić information content (AvgIpc) is 3.25. The molecule has 0 bridgehead atoms. The van der Waals surface area contributed by atoms with Crippen molar-refractivity contribution in [1.82, 2.24) is 0 Å². The maximum atomic E-state index is 12.5. The summed E-state index contributed by atoms with van der Waals surface area (Å²) in [6.07, 6.45) is -15.8. The van der Waals surface area contributed by atoms with Crippen LogP contribution in [0.4, 0.5) is 0 Å². The van der Waals surface area contributed by atoms with Gasteiger partial charge in [0.15, 0.2) is 12.6 Å². The lowest BCUT2D eigenvalue weighted by molar-refractivity contribution is -0.388. The second-order valence-electron chi connectivity index (χ2n) is 12.4. The minimum absolute atomic E-state index is 0.262. The summed E-state index contributed by atoms with van der Waals surface area (Å²) in [7, 11) is 1.52. The second kappa shape index (κ2) is 14.6. The molecule has 5 rings (SSSR count). The maximum absolute atomic E-state index is 12.5. The smallest absolute Gasteiger partial charge is 0.330 e. The highest BCUT2D eigenvalue weighted by Crippen LogP contribution is 2.49. The van der Waals surface area contributed by atoms with Crippen molar-refractivity contribution in [2.45, 2.75) is 98.4 Å². The molecular weight excluding hydrogens is 644 g/mol. The van der Waals surface area contributed by atoms with Crippen LogP contribution in [0.1, 0.15) is 18.9 Å². The first-order valence-corrected chi connectivity index (χ1v) is 15.3. The van der Waals surface area contributed by atoms with Gasteiger partial charge in [0.25, 0.3) is 0 Å². The number of ether oxygens (including phenoxy) is 7. The Labute approximate surface area is 274 Å². The molecule has 268 valence electrons. The average molecular weight is 687 g/mol. The molecule has 3 aliphatic heterocycles. The number of methoxy groups -OCH3 is 1. The van der Waals surface area contributed by atoms with Crippen molar-refractivity contribution in [3.63, 3.8) is 0 Å². The van der Waals surface area contributed by atoms with Crippen molar-refractivity contribution < 1.29 is 83.9 Å². The molecule has 15 atom stereocenters. The van der Waals surface area contributed by atoms with Gasteiger partial charge >= 0.3 is 5.97 Å². The van der Waals surface area contributed by atoms with E-state index in [0.717, 1.165) is 18.4 Å². The number of aliphatic hydroxyl groups excluding tert-OH is 7. The maximum Gasteiger partial charge on any atom is 0.330 e. The normalized spacial score (nSPS) is 44.3. The van der Waals surface area contributed by atoms with Crippen LogP contribution in [0, 0.1) is 5.92 Å². The monoisotopic (exact) mass is 686 g/mol. The van der Waals surface area contributed by atoms with Crippen LogP contribution in [-0.4, -0.2) is 157 Å². The molecule has 0 radical (unpaired) electrons. The summed E-state index contributed by atoms with van der Waals surface area (Å²) >= 11 is 0. The molecular formula is C31H42O17. The van der Waals surface area contributed by atoms with Crippen LogP contribution >= 0.6 is 0 Å². The van der Waals surface area contributed by atoms with Crippen molar-refractivity contribution in [1.29, 1.82) is 0 Å². The number of hydrogen-bond acceptors (Lipinski definition) is 17. The van der Waals surface area contributed by atoms with Gasteiger partial charge in [0.2, 0.25) is 6.29 Å². The van der Waals surface area contributed by atoms with E-state index < -0.39 is 110 Å². The van der Waals surface area contributed by atoms with Crippen LogP contribution < -0.4 is 4.74 Å². The van der Waals surface area contributed by atoms with Gasteiger partial charge < -0.3 is 79.1 Å². The lowest BCUT2D eigenvalue weighted by Crippen LogP contribution is -2.65. The first kappa shape index (κ1) is 36.5. The Balaban J connectivity index is 1.35. The molecule has 1 aromatic carbocycles. The number of carbonyl (C=O) groups excluding carboxylic acids is 1. The van der Waals surface area contributed by atoms with Gasteiger partial charge in [-0.3, -0.25) is 0 Å². The molecule has 48 heavy (non-hydrogen) atoms. The predicted molar refractivity (Wildman–Crippen MR) is 157 cm³/mol. The lowest BCUT2D eigenvalue weighted by atomic mass is 9.81. The molecule has 9 N–H and O–H groups in total. The van der Waals surface area contributed by atoms with Crippen molar-refractivity contribution in [3.05, 3.63) is 48.2 Å². The van der Waals surface area contributed by atoms with Gasteiger partial charge in [-0.05, 0) is 36.8 Å². The molecule has 1 unspecified atom stereocenters. The van der Waals surface area contributed by atoms with Crippen molar-refractivity contribution in [2.24, 2.45) is 5.92 Å². The van der Waals surface area contributed by atoms with Crippen LogP contribution in [-0.2, 0) is 33.2 Å². The number of rotatable bonds is 10. The zero-order chi connectivity index (χ0) is 35.0. The zero-order valence-corrected chi connectivity index (χ0v) is 26.0. The van der Waals surface area contributed by atoms with Crippen LogP contribution in [0.25, 0.3) is 6.08 Å². The van der Waals surface area contributed by atoms with Crippen molar-refractivity contribution in [2.75, 3.05) is 20.3 Å². The van der Waals surface area contributed by atoms with E-state index in [1.165, 1.54) is 20.1 Å². The fraction of sp³-hybridized carbons (Fsp3) is 0.645. The van der Waals surface area contributed by atoms with E-state index >= 15 is 0 Å². The molecule has 1 aliphatic carbocycles. The SMILES string of the molecule is COc1ccc(/C=C/C(=O)OC[C@H]2O[C@@H](O[C@H]3OC=C[C@@]4(O)[C@@H]3[C@](C)(O)C[C@@H]4O)[C@H](OC3O[C@H](CO)[C@@H](O)[C@H](O)[C@H]3O)[C@@H](O)[C@@H]2O)cc1. The van der Waals surface area contributed by atoms with E-state index in [-0.39, 0.29) is 6.42 Å². The molecule has 0 spiro atoms. The highest BCUT2D eigenvalue weighted by Gasteiger charge is 2.64. The Bertz CT molecular complexity index is 1300. The Kier molecular flexibility index (Phi) is 11.1. The van der Waals surface area contributed by atoms with Crippen LogP contribution in [0.15, 0.2) is 42.7 Å². The molecule has 1 aromatic rings. The summed E-state index contributed by atoms with van der Waals surface area (Å²) in [4.78, 5) is 12.5. The van der Waals surface area contributed by atoms with E-state index in [0.29, 0.717) is 11.3 Å². The van der Waals surface area contributed by atoms with Gasteiger partial charge in [-0.2, -0.15) is 0 Å². The number of carbonyl (C=O) groups is 1. The molecule has 17 heteroatoms. The third kappa shape index (κ3) is 7.24. The molecule has 2 saturated heterocycles. The fourth-order valence-corrected chi connectivity index (χ4v) is 6.38. The van der Waals surface area contributed by atoms with Gasteiger partial charge in [-0.1, -0.05) is 12.1 Å². The number of benzene rings is 1. The first-order valence-electron chi connectivity index (χ1n) is 15.3. The number of fused-ring (bicyclic) bond motifs is 1. The van der Waals surface area contributed by atoms with Gasteiger partial charge in [-0.15, -0.1) is 0 Å². The van der Waals surface area contributed by atoms with Gasteiger partial charge in [0, 0.05) is 12.5 Å². The highest BCUT2D eigenvalue weighted by molar-refractivity contribution is 5.87. The van der Waals surface area contributed by atoms with Gasteiger partial charge in [0.05, 0.1) is 37.6 Å². The van der Waals surface area contributed by atoms with Crippen molar-refractivity contribution >= 4 is 12.0 Å². The standard InChI is InChI=1S/C31H42O17/c1-30(40)11-18(33)31(41)9-10-43-29(26(30)31)48-28-25(47-27-24(39)22(37)20(35)16(12-32)45-27)23(38)21(36)17(46-28)13-44-19(34)8-5-14-3-6-15(42-2)7-4-14/h3-10,16-18,20-29,32-33,35-41H,11-13H2,1-2H3/b8-5+/t16-,17-,18+,20-,21-,22+,23+,24-,25-,26+,27?,28+,29-,30-,31+/m1/s1. The summed E-state index contributed by atoms with van der Waals surface area (Å²) in [6, 6.07) is 6.79. The Morgan fingerprint density at radius 1 is 0.896 bits per heavy atom. The third-order valence-corrected chi connectivity index (χ3v) is 9.10. The molecule has 3 fully saturated rings. The van der Waals surface area contributed by atoms with Crippen LogP contribution in [0.3, 0.4) is 0 Å². The summed E-state index contributed by atoms with van der Waals surface area (Å²) < 4.78 is 38.9. The zero-order valence-electron chi connectivity index (χ0n) is 26.0. The minimum atomic E-state index is -2.00. The van der Waals surface area contributed by atoms with Crippen LogP contribution in [0.2, 0.25) is 0 Å². The fourth-order valence-electron chi connectivity index (χ4n) is 6.38. The van der Waals surface area contributed by atoms with E-state index in [1.807, 2.05) is 0 Å². The molecule has 0 aromatic heterocycles. The second-order valence-corrected chi connectivity index (χ2v) is 12.4. The van der Waals surface area contributed by atoms with Crippen LogP contribution in [0.5, 0.6) is 5.75 Å².